The van der Waals surface area contributed by atoms with Crippen LogP contribution in [-0.2, 0) is 17.1 Å². The molecule has 0 aliphatic carbocycles. The van der Waals surface area contributed by atoms with E-state index in [1.807, 2.05) is 0 Å². The van der Waals surface area contributed by atoms with Crippen LogP contribution in [0.25, 0.3) is 0 Å². The maximum absolute atomic E-state index is 12.0. The van der Waals surface area contributed by atoms with Crippen LogP contribution in [0.2, 0.25) is 0 Å². The fourth-order valence-corrected chi connectivity index (χ4v) is 2.47. The van der Waals surface area contributed by atoms with Gasteiger partial charge in [-0.3, -0.25) is 0 Å². The molecule has 1 rings (SSSR count). The summed E-state index contributed by atoms with van der Waals surface area (Å²) in [6, 6.07) is 0. The molecule has 0 aliphatic heterocycles. The van der Waals surface area contributed by atoms with Gasteiger partial charge in [-0.15, -0.1) is 0 Å². The van der Waals surface area contributed by atoms with E-state index in [0.717, 1.165) is 0 Å². The van der Waals surface area contributed by atoms with Crippen molar-refractivity contribution >= 4 is 10.0 Å². The first-order valence-corrected chi connectivity index (χ1v) is 6.50. The van der Waals surface area contributed by atoms with Crippen LogP contribution in [0, 0.1) is 6.92 Å². The van der Waals surface area contributed by atoms with Crippen LogP contribution in [-0.4, -0.2) is 42.4 Å². The third kappa shape index (κ3) is 2.60. The lowest BCUT2D eigenvalue weighted by atomic mass is 10.4. The lowest BCUT2D eigenvalue weighted by Crippen LogP contribution is -2.29. The predicted octanol–water partition coefficient (Wildman–Crippen LogP) is -0.302. The molecule has 0 spiro atoms. The number of aryl methyl sites for hydroxylation is 2. The summed E-state index contributed by atoms with van der Waals surface area (Å²) in [6.07, 6.45) is 2.16. The molecule has 1 aromatic heterocycles. The molecule has 0 saturated carbocycles. The second-order valence-corrected chi connectivity index (χ2v) is 5.70. The zero-order chi connectivity index (χ0) is 12.3. The van der Waals surface area contributed by atoms with Gasteiger partial charge in [0.2, 0.25) is 0 Å². The monoisotopic (exact) mass is 246 g/mol. The minimum Gasteiger partial charge on any atom is -0.337 e. The standard InChI is InChI=1S/C9H18N4O2S/c1-8-11-9(7-12(8)2)16(14,15)13(3)6-4-5-10/h7H,4-6,10H2,1-3H3. The molecule has 0 amide bonds. The lowest BCUT2D eigenvalue weighted by molar-refractivity contribution is 0.461. The highest BCUT2D eigenvalue weighted by Crippen LogP contribution is 2.13. The molecule has 0 bridgehead atoms. The van der Waals surface area contributed by atoms with Gasteiger partial charge in [0.05, 0.1) is 0 Å². The molecule has 1 aromatic rings. The van der Waals surface area contributed by atoms with Crippen LogP contribution in [0.1, 0.15) is 12.2 Å². The summed E-state index contributed by atoms with van der Waals surface area (Å²) in [7, 11) is -0.165. The highest BCUT2D eigenvalue weighted by molar-refractivity contribution is 7.89. The van der Waals surface area contributed by atoms with Gasteiger partial charge in [0.1, 0.15) is 5.82 Å². The van der Waals surface area contributed by atoms with Crippen molar-refractivity contribution in [3.05, 3.63) is 12.0 Å². The van der Waals surface area contributed by atoms with Crippen molar-refractivity contribution in [1.29, 1.82) is 0 Å². The summed E-state index contributed by atoms with van der Waals surface area (Å²) in [4.78, 5) is 4.01. The fourth-order valence-electron chi connectivity index (χ4n) is 1.24. The van der Waals surface area contributed by atoms with E-state index in [1.54, 1.807) is 18.5 Å². The Hall–Kier alpha value is -0.920. The Bertz CT molecular complexity index is 433. The van der Waals surface area contributed by atoms with E-state index in [-0.39, 0.29) is 5.03 Å². The second kappa shape index (κ2) is 4.94. The minimum absolute atomic E-state index is 0.0898. The topological polar surface area (TPSA) is 81.2 Å². The van der Waals surface area contributed by atoms with Crippen molar-refractivity contribution in [2.75, 3.05) is 20.1 Å². The summed E-state index contributed by atoms with van der Waals surface area (Å²) in [5.41, 5.74) is 5.35. The largest absolute Gasteiger partial charge is 0.337 e. The Morgan fingerprint density at radius 2 is 2.19 bits per heavy atom. The molecular weight excluding hydrogens is 228 g/mol. The number of hydrogen-bond donors (Lipinski definition) is 1. The number of imidazole rings is 1. The van der Waals surface area contributed by atoms with E-state index in [1.165, 1.54) is 17.5 Å². The predicted molar refractivity (Wildman–Crippen MR) is 61.4 cm³/mol. The first kappa shape index (κ1) is 13.1. The van der Waals surface area contributed by atoms with Crippen LogP contribution in [0.5, 0.6) is 0 Å². The molecule has 0 radical (unpaired) electrons. The van der Waals surface area contributed by atoms with Gasteiger partial charge < -0.3 is 10.3 Å². The summed E-state index contributed by atoms with van der Waals surface area (Å²) in [5.74, 6) is 0.672. The Morgan fingerprint density at radius 3 is 2.62 bits per heavy atom. The molecule has 0 aromatic carbocycles. The van der Waals surface area contributed by atoms with Gasteiger partial charge in [0.25, 0.3) is 10.0 Å². The van der Waals surface area contributed by atoms with Gasteiger partial charge in [-0.25, -0.2) is 13.4 Å². The quantitative estimate of drug-likeness (QED) is 0.773. The molecule has 16 heavy (non-hydrogen) atoms. The van der Waals surface area contributed by atoms with E-state index in [2.05, 4.69) is 4.98 Å². The zero-order valence-corrected chi connectivity index (χ0v) is 10.7. The van der Waals surface area contributed by atoms with Gasteiger partial charge in [-0.1, -0.05) is 0 Å². The Morgan fingerprint density at radius 1 is 1.56 bits per heavy atom. The van der Waals surface area contributed by atoms with Gasteiger partial charge in [0.15, 0.2) is 5.03 Å². The molecule has 6 nitrogen and oxygen atoms in total. The zero-order valence-electron chi connectivity index (χ0n) is 9.84. The number of sulfonamides is 1. The summed E-state index contributed by atoms with van der Waals surface area (Å²) < 4.78 is 27.0. The SMILES string of the molecule is Cc1nc(S(=O)(=O)N(C)CCCN)cn1C. The summed E-state index contributed by atoms with van der Waals surface area (Å²) in [5, 5.41) is 0.0898. The number of nitrogens with two attached hydrogens (primary N) is 1. The van der Waals surface area contributed by atoms with E-state index < -0.39 is 10.0 Å². The van der Waals surface area contributed by atoms with Gasteiger partial charge in [-0.2, -0.15) is 4.31 Å². The molecule has 0 fully saturated rings. The normalized spacial score (nSPS) is 12.3. The minimum atomic E-state index is -3.47. The smallest absolute Gasteiger partial charge is 0.261 e. The van der Waals surface area contributed by atoms with Crippen LogP contribution in [0.3, 0.4) is 0 Å². The summed E-state index contributed by atoms with van der Waals surface area (Å²) in [6.45, 7) is 2.65. The average molecular weight is 246 g/mol. The van der Waals surface area contributed by atoms with E-state index >= 15 is 0 Å². The third-order valence-electron chi connectivity index (χ3n) is 2.44. The summed E-state index contributed by atoms with van der Waals surface area (Å²) >= 11 is 0. The molecule has 0 saturated heterocycles. The average Bonchev–Trinajstić information content (AvgIpc) is 2.56. The van der Waals surface area contributed by atoms with Crippen molar-refractivity contribution in [2.45, 2.75) is 18.4 Å². The molecule has 92 valence electrons. The molecule has 0 aliphatic rings. The Labute approximate surface area is 96.1 Å². The number of aromatic nitrogens is 2. The molecule has 2 N–H and O–H groups in total. The first-order chi connectivity index (χ1) is 7.39. The van der Waals surface area contributed by atoms with Crippen molar-refractivity contribution < 1.29 is 8.42 Å². The van der Waals surface area contributed by atoms with Crippen LogP contribution in [0.15, 0.2) is 11.2 Å². The third-order valence-corrected chi connectivity index (χ3v) is 4.17. The molecule has 0 atom stereocenters. The number of rotatable bonds is 5. The van der Waals surface area contributed by atoms with Crippen LogP contribution in [0.4, 0.5) is 0 Å². The highest BCUT2D eigenvalue weighted by atomic mass is 32.2. The second-order valence-electron chi connectivity index (χ2n) is 3.71. The van der Waals surface area contributed by atoms with Crippen LogP contribution < -0.4 is 5.73 Å². The molecule has 0 unspecified atom stereocenters. The van der Waals surface area contributed by atoms with Crippen molar-refractivity contribution in [1.82, 2.24) is 13.9 Å². The van der Waals surface area contributed by atoms with Crippen LogP contribution >= 0.6 is 0 Å². The van der Waals surface area contributed by atoms with E-state index in [0.29, 0.717) is 25.3 Å². The maximum atomic E-state index is 12.0. The van der Waals surface area contributed by atoms with Crippen molar-refractivity contribution in [3.63, 3.8) is 0 Å². The van der Waals surface area contributed by atoms with E-state index in [9.17, 15) is 8.42 Å². The fraction of sp³-hybridized carbons (Fsp3) is 0.667. The van der Waals surface area contributed by atoms with E-state index in [4.69, 9.17) is 5.73 Å². The molecular formula is C9H18N4O2S. The number of nitrogens with zero attached hydrogens (tertiary/aromatic N) is 3. The maximum Gasteiger partial charge on any atom is 0.261 e. The lowest BCUT2D eigenvalue weighted by Gasteiger charge is -2.14. The van der Waals surface area contributed by atoms with Crippen molar-refractivity contribution in [2.24, 2.45) is 12.8 Å². The van der Waals surface area contributed by atoms with Gasteiger partial charge in [-0.05, 0) is 19.9 Å². The first-order valence-electron chi connectivity index (χ1n) is 5.06. The molecule has 1 heterocycles. The molecule has 7 heteroatoms. The van der Waals surface area contributed by atoms with Gasteiger partial charge >= 0.3 is 0 Å². The Balaban J connectivity index is 2.93. The highest BCUT2D eigenvalue weighted by Gasteiger charge is 2.23. The van der Waals surface area contributed by atoms with Gasteiger partial charge in [0, 0.05) is 26.8 Å². The number of hydrogen-bond acceptors (Lipinski definition) is 4. The van der Waals surface area contributed by atoms with Crippen molar-refractivity contribution in [3.8, 4) is 0 Å². The Kier molecular flexibility index (Phi) is 4.06.